The van der Waals surface area contributed by atoms with E-state index in [1.807, 2.05) is 0 Å². The molecule has 0 aromatic rings. The van der Waals surface area contributed by atoms with Crippen molar-refractivity contribution in [3.8, 4) is 0 Å². The van der Waals surface area contributed by atoms with Crippen LogP contribution >= 0.6 is 7.82 Å². The molecule has 4 unspecified atom stereocenters. The number of carbonyl (C=O) groups is 1. The fourth-order valence-electron chi connectivity index (χ4n) is 3.64. The van der Waals surface area contributed by atoms with Gasteiger partial charge < -0.3 is 26.2 Å². The van der Waals surface area contributed by atoms with Crippen molar-refractivity contribution in [2.45, 2.75) is 122 Å². The van der Waals surface area contributed by atoms with E-state index in [1.165, 1.54) is 31.8 Å². The number of nitrogens with one attached hydrogen (secondary N) is 1. The number of rotatable bonds is 25. The maximum absolute atomic E-state index is 12.5. The van der Waals surface area contributed by atoms with Crippen molar-refractivity contribution in [3.05, 3.63) is 24.3 Å². The third-order valence-corrected chi connectivity index (χ3v) is 6.82. The van der Waals surface area contributed by atoms with E-state index in [2.05, 4.69) is 31.3 Å². The zero-order chi connectivity index (χ0) is 27.8. The Balaban J connectivity index is 4.73. The quantitative estimate of drug-likeness (QED) is 0.0614. The van der Waals surface area contributed by atoms with Crippen LogP contribution in [0.25, 0.3) is 0 Å². The van der Waals surface area contributed by atoms with Crippen molar-refractivity contribution in [2.75, 3.05) is 19.8 Å². The summed E-state index contributed by atoms with van der Waals surface area (Å²) in [7, 11) is -4.38. The van der Waals surface area contributed by atoms with Crippen LogP contribution in [0.3, 0.4) is 0 Å². The number of aliphatic hydroxyl groups is 2. The van der Waals surface area contributed by atoms with Gasteiger partial charge in [0.1, 0.15) is 0 Å². The summed E-state index contributed by atoms with van der Waals surface area (Å²) >= 11 is 0. The number of amides is 1. The summed E-state index contributed by atoms with van der Waals surface area (Å²) in [4.78, 5) is 22.3. The average molecular weight is 549 g/mol. The molecule has 0 aromatic heterocycles. The number of hydrogen-bond donors (Lipinski definition) is 5. The summed E-state index contributed by atoms with van der Waals surface area (Å²) in [5.41, 5.74) is 5.29. The Bertz CT molecular complexity index is 661. The first-order chi connectivity index (χ1) is 17.8. The van der Waals surface area contributed by atoms with Gasteiger partial charge in [-0.25, -0.2) is 4.57 Å². The Hall–Kier alpha value is -1.06. The average Bonchev–Trinajstić information content (AvgIpc) is 2.86. The highest BCUT2D eigenvalue weighted by Crippen LogP contribution is 2.43. The van der Waals surface area contributed by atoms with E-state index >= 15 is 0 Å². The van der Waals surface area contributed by atoms with E-state index < -0.39 is 38.6 Å². The first-order valence-corrected chi connectivity index (χ1v) is 15.5. The van der Waals surface area contributed by atoms with Crippen LogP contribution in [0.5, 0.6) is 0 Å². The van der Waals surface area contributed by atoms with Gasteiger partial charge in [-0.2, -0.15) is 0 Å². The Morgan fingerprint density at radius 2 is 1.54 bits per heavy atom. The highest BCUT2D eigenvalue weighted by Gasteiger charge is 2.27. The number of carbonyl (C=O) groups excluding carboxylic acids is 1. The molecule has 0 heterocycles. The summed E-state index contributed by atoms with van der Waals surface area (Å²) in [6, 6.07) is -0.989. The van der Waals surface area contributed by atoms with Crippen molar-refractivity contribution >= 4 is 13.7 Å². The molecule has 0 spiro atoms. The lowest BCUT2D eigenvalue weighted by molar-refractivity contribution is -0.124. The number of hydrogen-bond acceptors (Lipinski definition) is 7. The van der Waals surface area contributed by atoms with Gasteiger partial charge in [0.05, 0.1) is 37.9 Å². The minimum atomic E-state index is -4.38. The molecule has 218 valence electrons. The largest absolute Gasteiger partial charge is 0.472 e. The monoisotopic (exact) mass is 548 g/mol. The van der Waals surface area contributed by atoms with Crippen molar-refractivity contribution in [1.82, 2.24) is 5.32 Å². The van der Waals surface area contributed by atoms with E-state index in [1.54, 1.807) is 6.08 Å². The number of unbranched alkanes of at least 4 members (excludes halogenated alkanes) is 9. The molecule has 0 rings (SSSR count). The van der Waals surface area contributed by atoms with E-state index in [0.717, 1.165) is 44.9 Å². The van der Waals surface area contributed by atoms with Gasteiger partial charge in [-0.05, 0) is 25.7 Å². The van der Waals surface area contributed by atoms with Gasteiger partial charge in [0.15, 0.2) is 0 Å². The summed E-state index contributed by atoms with van der Waals surface area (Å²) in [5.74, 6) is -0.467. The molecule has 10 heteroatoms. The van der Waals surface area contributed by atoms with Gasteiger partial charge in [-0.3, -0.25) is 13.8 Å². The second kappa shape index (κ2) is 24.0. The van der Waals surface area contributed by atoms with E-state index in [9.17, 15) is 24.5 Å². The fraction of sp³-hybridized carbons (Fsp3) is 0.815. The van der Waals surface area contributed by atoms with Crippen molar-refractivity contribution < 1.29 is 33.5 Å². The molecule has 6 N–H and O–H groups in total. The van der Waals surface area contributed by atoms with Crippen molar-refractivity contribution in [3.63, 3.8) is 0 Å². The smallest absolute Gasteiger partial charge is 0.393 e. The lowest BCUT2D eigenvalue weighted by atomic mass is 10.0. The lowest BCUT2D eigenvalue weighted by Gasteiger charge is -2.24. The van der Waals surface area contributed by atoms with Crippen LogP contribution in [0.1, 0.15) is 104 Å². The third-order valence-electron chi connectivity index (χ3n) is 5.83. The van der Waals surface area contributed by atoms with Gasteiger partial charge in [0, 0.05) is 6.54 Å². The van der Waals surface area contributed by atoms with Gasteiger partial charge in [0.2, 0.25) is 5.91 Å². The second-order valence-corrected chi connectivity index (χ2v) is 10.9. The van der Waals surface area contributed by atoms with Crippen LogP contribution in [-0.4, -0.2) is 59.0 Å². The zero-order valence-electron chi connectivity index (χ0n) is 23.1. The third kappa shape index (κ3) is 22.6. The normalized spacial score (nSPS) is 16.2. The second-order valence-electron chi connectivity index (χ2n) is 9.44. The molecule has 1 amide bonds. The molecule has 9 nitrogen and oxygen atoms in total. The molecular formula is C27H53N2O7P. The molecule has 0 aliphatic heterocycles. The van der Waals surface area contributed by atoms with Crippen LogP contribution in [0.4, 0.5) is 0 Å². The van der Waals surface area contributed by atoms with Gasteiger partial charge >= 0.3 is 7.82 Å². The minimum absolute atomic E-state index is 0.0446. The maximum Gasteiger partial charge on any atom is 0.472 e. The van der Waals surface area contributed by atoms with Crippen LogP contribution in [-0.2, 0) is 18.4 Å². The van der Waals surface area contributed by atoms with E-state index in [0.29, 0.717) is 12.8 Å². The molecule has 0 aliphatic rings. The SMILES string of the molecule is CCCC/C=C/CC/C=C/C(O)C(COP(=O)(O)OCCN)NC(=O)CC(O)CCCCCCCCC. The topological polar surface area (TPSA) is 151 Å². The maximum atomic E-state index is 12.5. The Labute approximate surface area is 224 Å². The summed E-state index contributed by atoms with van der Waals surface area (Å²) in [6.45, 7) is 3.76. The number of nitrogens with two attached hydrogens (primary N) is 1. The van der Waals surface area contributed by atoms with Crippen molar-refractivity contribution in [2.24, 2.45) is 5.73 Å². The lowest BCUT2D eigenvalue weighted by Crippen LogP contribution is -2.46. The minimum Gasteiger partial charge on any atom is -0.393 e. The molecule has 0 fully saturated rings. The first-order valence-electron chi connectivity index (χ1n) is 14.0. The molecule has 0 aromatic carbocycles. The van der Waals surface area contributed by atoms with Crippen LogP contribution < -0.4 is 11.1 Å². The summed E-state index contributed by atoms with van der Waals surface area (Å²) in [6.07, 6.45) is 18.8. The predicted molar refractivity (Wildman–Crippen MR) is 149 cm³/mol. The van der Waals surface area contributed by atoms with Crippen molar-refractivity contribution in [1.29, 1.82) is 0 Å². The van der Waals surface area contributed by atoms with Crippen LogP contribution in [0.15, 0.2) is 24.3 Å². The van der Waals surface area contributed by atoms with E-state index in [-0.39, 0.29) is 19.6 Å². The highest BCUT2D eigenvalue weighted by molar-refractivity contribution is 7.47. The molecular weight excluding hydrogens is 495 g/mol. The Kier molecular flexibility index (Phi) is 23.3. The van der Waals surface area contributed by atoms with Gasteiger partial charge in [0.25, 0.3) is 0 Å². The number of phosphoric acid groups is 1. The van der Waals surface area contributed by atoms with Crippen LogP contribution in [0, 0.1) is 0 Å². The number of aliphatic hydroxyl groups excluding tert-OH is 2. The number of allylic oxidation sites excluding steroid dienone is 3. The summed E-state index contributed by atoms with van der Waals surface area (Å²) in [5, 5.41) is 23.5. The molecule has 0 aliphatic carbocycles. The zero-order valence-corrected chi connectivity index (χ0v) is 24.0. The number of phosphoric ester groups is 1. The molecule has 0 bridgehead atoms. The summed E-state index contributed by atoms with van der Waals surface area (Å²) < 4.78 is 21.7. The first kappa shape index (κ1) is 35.9. The Morgan fingerprint density at radius 1 is 0.919 bits per heavy atom. The molecule has 37 heavy (non-hydrogen) atoms. The Morgan fingerprint density at radius 3 is 2.22 bits per heavy atom. The molecule has 0 saturated carbocycles. The predicted octanol–water partition coefficient (Wildman–Crippen LogP) is 4.90. The molecule has 4 atom stereocenters. The fourth-order valence-corrected chi connectivity index (χ4v) is 4.40. The van der Waals surface area contributed by atoms with E-state index in [4.69, 9.17) is 14.8 Å². The highest BCUT2D eigenvalue weighted by atomic mass is 31.2. The van der Waals surface area contributed by atoms with Gasteiger partial charge in [-0.15, -0.1) is 0 Å². The van der Waals surface area contributed by atoms with Crippen LogP contribution in [0.2, 0.25) is 0 Å². The molecule has 0 saturated heterocycles. The standard InChI is InChI=1S/C27H53N2O7P/c1-3-5-7-9-11-13-15-17-19-26(31)25(23-36-37(33,34)35-21-20-28)29-27(32)22-24(30)18-16-14-12-10-8-6-4-2/h9,11,17,19,24-26,30-31H,3-8,10,12-16,18,20-23,28H2,1-2H3,(H,29,32)(H,33,34)/b11-9+,19-17+. The van der Waals surface area contributed by atoms with Gasteiger partial charge in [-0.1, -0.05) is 95.9 Å². The molecule has 0 radical (unpaired) electrons.